The molecule has 35 heavy (non-hydrogen) atoms. The van der Waals surface area contributed by atoms with Gasteiger partial charge in [0.2, 0.25) is 5.13 Å². The summed E-state index contributed by atoms with van der Waals surface area (Å²) in [5.74, 6) is -0.189. The minimum Gasteiger partial charge on any atom is -0.496 e. The molecule has 1 aliphatic heterocycles. The molecule has 1 aromatic carbocycles. The van der Waals surface area contributed by atoms with Crippen LogP contribution < -0.4 is 15.4 Å². The molecule has 0 amide bonds. The number of thioether (sulfide) groups is 1. The maximum absolute atomic E-state index is 13.6. The average Bonchev–Trinajstić information content (AvgIpc) is 3.29. The van der Waals surface area contributed by atoms with E-state index in [2.05, 4.69) is 21.0 Å². The molecular formula is C24H25N5O4S2. The zero-order valence-corrected chi connectivity index (χ0v) is 21.5. The Balaban J connectivity index is 1.88. The first-order valence-corrected chi connectivity index (χ1v) is 12.6. The molecule has 1 aliphatic carbocycles. The number of benzene rings is 1. The van der Waals surface area contributed by atoms with Crippen LogP contribution in [0.15, 0.2) is 51.3 Å². The van der Waals surface area contributed by atoms with Crippen LogP contribution in [0.3, 0.4) is 0 Å². The van der Waals surface area contributed by atoms with Crippen molar-refractivity contribution < 1.29 is 19.1 Å². The summed E-state index contributed by atoms with van der Waals surface area (Å²) in [6.07, 6.45) is 0.906. The topological polar surface area (TPSA) is 131 Å². The van der Waals surface area contributed by atoms with Gasteiger partial charge in [0.1, 0.15) is 11.6 Å². The van der Waals surface area contributed by atoms with E-state index in [0.29, 0.717) is 44.9 Å². The lowest BCUT2D eigenvalue weighted by atomic mass is 9.68. The van der Waals surface area contributed by atoms with Gasteiger partial charge in [-0.2, -0.15) is 5.26 Å². The third-order valence-electron chi connectivity index (χ3n) is 5.96. The fraction of sp³-hybridized carbons (Fsp3) is 0.375. The van der Waals surface area contributed by atoms with Gasteiger partial charge in [0.25, 0.3) is 0 Å². The van der Waals surface area contributed by atoms with Crippen LogP contribution in [0.4, 0.5) is 5.13 Å². The van der Waals surface area contributed by atoms with Crippen LogP contribution in [0.1, 0.15) is 38.2 Å². The number of carbonyl (C=O) groups is 2. The number of aromatic nitrogens is 2. The van der Waals surface area contributed by atoms with Crippen molar-refractivity contribution in [1.29, 1.82) is 5.26 Å². The van der Waals surface area contributed by atoms with E-state index in [1.165, 1.54) is 30.2 Å². The summed E-state index contributed by atoms with van der Waals surface area (Å²) in [6.45, 7) is 4.06. The van der Waals surface area contributed by atoms with Gasteiger partial charge in [-0.25, -0.2) is 0 Å². The van der Waals surface area contributed by atoms with E-state index in [4.69, 9.17) is 10.5 Å². The Kier molecular flexibility index (Phi) is 6.87. The molecule has 9 nitrogen and oxygen atoms in total. The summed E-state index contributed by atoms with van der Waals surface area (Å²) in [5.41, 5.74) is 8.52. The lowest BCUT2D eigenvalue weighted by Gasteiger charge is -2.42. The molecule has 0 saturated carbocycles. The molecule has 0 radical (unpaired) electrons. The molecule has 1 aromatic heterocycles. The summed E-state index contributed by atoms with van der Waals surface area (Å²) < 4.78 is 10.8. The number of carbonyl (C=O) groups excluding carboxylic acids is 2. The maximum Gasteiger partial charge on any atom is 0.316 e. The van der Waals surface area contributed by atoms with Gasteiger partial charge in [0, 0.05) is 23.3 Å². The molecule has 2 aromatic rings. The molecule has 2 N–H and O–H groups in total. The highest BCUT2D eigenvalue weighted by molar-refractivity contribution is 8.01. The van der Waals surface area contributed by atoms with Crippen LogP contribution in [0, 0.1) is 16.7 Å². The second kappa shape index (κ2) is 9.71. The van der Waals surface area contributed by atoms with Crippen molar-refractivity contribution in [3.8, 4) is 11.8 Å². The third-order valence-corrected chi connectivity index (χ3v) is 7.97. The Morgan fingerprint density at radius 3 is 2.74 bits per heavy atom. The number of ether oxygens (including phenoxy) is 2. The van der Waals surface area contributed by atoms with Crippen molar-refractivity contribution in [3.05, 3.63) is 52.5 Å². The van der Waals surface area contributed by atoms with E-state index in [1.807, 2.05) is 32.0 Å². The van der Waals surface area contributed by atoms with Gasteiger partial charge in [-0.3, -0.25) is 14.5 Å². The van der Waals surface area contributed by atoms with E-state index < -0.39 is 5.92 Å². The molecule has 182 valence electrons. The van der Waals surface area contributed by atoms with Gasteiger partial charge in [-0.05, 0) is 17.9 Å². The number of anilines is 1. The van der Waals surface area contributed by atoms with Gasteiger partial charge in [0.05, 0.1) is 37.5 Å². The van der Waals surface area contributed by atoms with Crippen LogP contribution in [-0.2, 0) is 14.3 Å². The molecule has 11 heteroatoms. The number of ketones is 1. The number of methoxy groups -OCH3 is 2. The number of nitriles is 1. The van der Waals surface area contributed by atoms with Crippen LogP contribution in [0.5, 0.6) is 5.75 Å². The second-order valence-electron chi connectivity index (χ2n) is 8.94. The zero-order chi connectivity index (χ0) is 25.3. The Bertz CT molecular complexity index is 1290. The van der Waals surface area contributed by atoms with Crippen molar-refractivity contribution in [2.75, 3.05) is 24.9 Å². The second-order valence-corrected chi connectivity index (χ2v) is 11.1. The van der Waals surface area contributed by atoms with Gasteiger partial charge in [-0.15, -0.1) is 10.2 Å². The highest BCUT2D eigenvalue weighted by Crippen LogP contribution is 2.51. The molecule has 2 aliphatic rings. The summed E-state index contributed by atoms with van der Waals surface area (Å²) in [5, 5.41) is 19.1. The lowest BCUT2D eigenvalue weighted by Crippen LogP contribution is -2.42. The van der Waals surface area contributed by atoms with Crippen LogP contribution in [0.2, 0.25) is 0 Å². The zero-order valence-electron chi connectivity index (χ0n) is 19.8. The molecule has 0 bridgehead atoms. The molecule has 0 fully saturated rings. The number of Topliss-reactive ketones (excluding diaryl/α,β-unsaturated/α-hetero) is 1. The quantitative estimate of drug-likeness (QED) is 0.452. The normalized spacial score (nSPS) is 19.3. The Morgan fingerprint density at radius 1 is 1.31 bits per heavy atom. The van der Waals surface area contributed by atoms with Gasteiger partial charge in [-0.1, -0.05) is 55.1 Å². The van der Waals surface area contributed by atoms with Crippen molar-refractivity contribution in [2.45, 2.75) is 36.9 Å². The van der Waals surface area contributed by atoms with Crippen molar-refractivity contribution in [2.24, 2.45) is 11.1 Å². The van der Waals surface area contributed by atoms with Crippen molar-refractivity contribution in [3.63, 3.8) is 0 Å². The van der Waals surface area contributed by atoms with Gasteiger partial charge in [0.15, 0.2) is 10.1 Å². The van der Waals surface area contributed by atoms with Crippen molar-refractivity contribution in [1.82, 2.24) is 10.2 Å². The van der Waals surface area contributed by atoms with E-state index in [9.17, 15) is 14.9 Å². The van der Waals surface area contributed by atoms with E-state index >= 15 is 0 Å². The average molecular weight is 512 g/mol. The number of para-hydroxylation sites is 1. The first-order valence-electron chi connectivity index (χ1n) is 10.8. The smallest absolute Gasteiger partial charge is 0.316 e. The Morgan fingerprint density at radius 2 is 2.06 bits per heavy atom. The number of nitrogens with zero attached hydrogens (tertiary/aromatic N) is 4. The summed E-state index contributed by atoms with van der Waals surface area (Å²) in [6, 6.07) is 9.59. The summed E-state index contributed by atoms with van der Waals surface area (Å²) >= 11 is 2.44. The van der Waals surface area contributed by atoms with E-state index in [1.54, 1.807) is 18.1 Å². The highest BCUT2D eigenvalue weighted by Gasteiger charge is 2.46. The third kappa shape index (κ3) is 4.63. The maximum atomic E-state index is 13.6. The van der Waals surface area contributed by atoms with E-state index in [-0.39, 0.29) is 34.3 Å². The Labute approximate surface area is 211 Å². The summed E-state index contributed by atoms with van der Waals surface area (Å²) in [4.78, 5) is 26.8. The molecule has 0 spiro atoms. The molecule has 2 heterocycles. The number of nitrogens with two attached hydrogens (primary N) is 1. The predicted molar refractivity (Wildman–Crippen MR) is 133 cm³/mol. The summed E-state index contributed by atoms with van der Waals surface area (Å²) in [7, 11) is 2.88. The monoisotopic (exact) mass is 511 g/mol. The Hall–Kier alpha value is -3.36. The fourth-order valence-corrected chi connectivity index (χ4v) is 6.19. The molecule has 1 atom stereocenters. The first-order chi connectivity index (χ1) is 16.7. The number of rotatable bonds is 6. The SMILES string of the molecule is COC(=O)CSc1nnc(N2C(N)=C(C#N)C(c3ccccc3OC)C3=C2CC(C)(C)CC3=O)s1. The number of hydrogen-bond donors (Lipinski definition) is 1. The molecule has 0 saturated heterocycles. The largest absolute Gasteiger partial charge is 0.496 e. The van der Waals surface area contributed by atoms with Gasteiger partial charge >= 0.3 is 5.97 Å². The van der Waals surface area contributed by atoms with Crippen LogP contribution in [0.25, 0.3) is 0 Å². The minimum absolute atomic E-state index is 0.0396. The molecule has 1 unspecified atom stereocenters. The number of allylic oxidation sites excluding steroid dienone is 3. The fourth-order valence-electron chi connectivity index (χ4n) is 4.47. The van der Waals surface area contributed by atoms with Crippen LogP contribution >= 0.6 is 23.1 Å². The molecule has 4 rings (SSSR count). The minimum atomic E-state index is -0.646. The highest BCUT2D eigenvalue weighted by atomic mass is 32.2. The van der Waals surface area contributed by atoms with Crippen LogP contribution in [-0.4, -0.2) is 41.9 Å². The lowest BCUT2D eigenvalue weighted by molar-refractivity contribution is -0.137. The number of hydrogen-bond acceptors (Lipinski definition) is 11. The predicted octanol–water partition coefficient (Wildman–Crippen LogP) is 3.75. The standard InChI is InChI=1S/C24H25N5O4S2/c1-24(2)9-15-20(16(30)10-24)19(13-7-5-6-8-17(13)32-3)14(11-25)21(26)29(15)22-27-28-23(35-22)34-12-18(31)33-4/h5-8,19H,9-10,12,26H2,1-4H3. The molecular weight excluding hydrogens is 486 g/mol. The first kappa shape index (κ1) is 24.8. The van der Waals surface area contributed by atoms with Crippen molar-refractivity contribution >= 4 is 40.0 Å². The number of esters is 1. The van der Waals surface area contributed by atoms with Gasteiger partial charge < -0.3 is 15.2 Å². The van der Waals surface area contributed by atoms with E-state index in [0.717, 1.165) is 0 Å².